The van der Waals surface area contributed by atoms with E-state index in [4.69, 9.17) is 28.2 Å². The molecule has 1 N–H and O–H groups in total. The summed E-state index contributed by atoms with van der Waals surface area (Å²) < 4.78 is 0. The lowest BCUT2D eigenvalue weighted by atomic mass is 9.94. The minimum absolute atomic E-state index is 0.0216. The molecule has 0 radical (unpaired) electrons. The Balaban J connectivity index is 1.27. The zero-order valence-corrected chi connectivity index (χ0v) is 20.8. The first-order chi connectivity index (χ1) is 17.1. The van der Waals surface area contributed by atoms with Gasteiger partial charge in [-0.1, -0.05) is 83.9 Å². The third-order valence-electron chi connectivity index (χ3n) is 6.68. The molecule has 1 saturated heterocycles. The number of piperidine rings is 1. The van der Waals surface area contributed by atoms with E-state index in [0.717, 1.165) is 60.2 Å². The minimum Gasteiger partial charge on any atom is -0.343 e. The van der Waals surface area contributed by atoms with Gasteiger partial charge in [-0.3, -0.25) is 14.7 Å². The van der Waals surface area contributed by atoms with Gasteiger partial charge in [0.1, 0.15) is 0 Å². The number of carbonyl (C=O) groups is 1. The fourth-order valence-corrected chi connectivity index (χ4v) is 5.05. The number of carbonyl (C=O) groups excluding carboxylic acids is 1. The molecule has 1 unspecified atom stereocenters. The molecule has 6 heteroatoms. The molecule has 1 aliphatic rings. The number of fused-ring (bicyclic) bond motifs is 1. The molecule has 1 aliphatic heterocycles. The highest BCUT2D eigenvalue weighted by molar-refractivity contribution is 6.42. The number of likely N-dealkylation sites (tertiary alicyclic amines) is 1. The number of amides is 1. The first kappa shape index (κ1) is 23.8. The fraction of sp³-hybridized carbons (Fsp3) is 0.241. The molecule has 1 atom stereocenters. The van der Waals surface area contributed by atoms with Crippen molar-refractivity contribution in [3.05, 3.63) is 112 Å². The van der Waals surface area contributed by atoms with Crippen LogP contribution in [-0.2, 0) is 11.3 Å². The fourth-order valence-electron chi connectivity index (χ4n) is 4.73. The van der Waals surface area contributed by atoms with Crippen molar-refractivity contribution in [2.45, 2.75) is 25.4 Å². The van der Waals surface area contributed by atoms with Crippen LogP contribution in [0.15, 0.2) is 84.9 Å². The Kier molecular flexibility index (Phi) is 7.33. The van der Waals surface area contributed by atoms with Crippen LogP contribution in [-0.4, -0.2) is 28.9 Å². The lowest BCUT2D eigenvalue weighted by Gasteiger charge is -2.32. The summed E-state index contributed by atoms with van der Waals surface area (Å²) in [6.07, 6.45) is 1.64. The molecule has 4 aromatic rings. The van der Waals surface area contributed by atoms with Gasteiger partial charge in [-0.05, 0) is 61.3 Å². The Bertz CT molecular complexity index is 1320. The molecule has 1 amide bonds. The summed E-state index contributed by atoms with van der Waals surface area (Å²) in [7, 11) is 0. The van der Waals surface area contributed by atoms with E-state index in [1.807, 2.05) is 78.9 Å². The first-order valence-electron chi connectivity index (χ1n) is 11.9. The van der Waals surface area contributed by atoms with Gasteiger partial charge >= 0.3 is 0 Å². The van der Waals surface area contributed by atoms with Crippen LogP contribution in [0.4, 0.5) is 0 Å². The van der Waals surface area contributed by atoms with Crippen LogP contribution in [0, 0.1) is 5.92 Å². The number of rotatable bonds is 6. The summed E-state index contributed by atoms with van der Waals surface area (Å²) in [6.45, 7) is 2.53. The Morgan fingerprint density at radius 2 is 1.66 bits per heavy atom. The number of halogens is 2. The molecule has 3 aromatic carbocycles. The molecular weight excluding hydrogens is 477 g/mol. The van der Waals surface area contributed by atoms with Crippen LogP contribution < -0.4 is 5.32 Å². The van der Waals surface area contributed by atoms with E-state index < -0.39 is 0 Å². The number of para-hydroxylation sites is 1. The average molecular weight is 504 g/mol. The van der Waals surface area contributed by atoms with Crippen molar-refractivity contribution in [2.24, 2.45) is 5.92 Å². The van der Waals surface area contributed by atoms with Crippen LogP contribution in [0.2, 0.25) is 10.0 Å². The summed E-state index contributed by atoms with van der Waals surface area (Å²) in [5.41, 5.74) is 3.94. The highest BCUT2D eigenvalue weighted by Gasteiger charge is 2.28. The average Bonchev–Trinajstić information content (AvgIpc) is 2.90. The number of nitrogens with one attached hydrogen (secondary N) is 1. The number of pyridine rings is 1. The van der Waals surface area contributed by atoms with Crippen LogP contribution >= 0.6 is 23.2 Å². The second-order valence-electron chi connectivity index (χ2n) is 9.08. The van der Waals surface area contributed by atoms with Crippen LogP contribution in [0.1, 0.15) is 35.7 Å². The number of hydrogen-bond donors (Lipinski definition) is 1. The SMILES string of the molecule is O=C(NC(c1ccccc1)c1ccc2ccccc2n1)C1CCN(Cc2ccc(Cl)c(Cl)c2)CC1. The third kappa shape index (κ3) is 5.67. The third-order valence-corrected chi connectivity index (χ3v) is 7.42. The largest absolute Gasteiger partial charge is 0.343 e. The Morgan fingerprint density at radius 1 is 0.914 bits per heavy atom. The summed E-state index contributed by atoms with van der Waals surface area (Å²) >= 11 is 12.2. The van der Waals surface area contributed by atoms with Crippen molar-refractivity contribution in [2.75, 3.05) is 13.1 Å². The highest BCUT2D eigenvalue weighted by Crippen LogP contribution is 2.27. The standard InChI is InChI=1S/C29H27Cl2N3O/c30-24-12-10-20(18-25(24)31)19-34-16-14-23(15-17-34)29(35)33-28(22-7-2-1-3-8-22)27-13-11-21-6-4-5-9-26(21)32-27/h1-13,18,23,28H,14-17,19H2,(H,33,35). The molecule has 1 aromatic heterocycles. The number of nitrogens with zero attached hydrogens (tertiary/aromatic N) is 2. The quantitative estimate of drug-likeness (QED) is 0.320. The number of aromatic nitrogens is 1. The lowest BCUT2D eigenvalue weighted by Crippen LogP contribution is -2.41. The lowest BCUT2D eigenvalue weighted by molar-refractivity contribution is -0.127. The topological polar surface area (TPSA) is 45.2 Å². The van der Waals surface area contributed by atoms with Gasteiger partial charge in [0.05, 0.1) is 27.3 Å². The molecule has 0 spiro atoms. The molecule has 35 heavy (non-hydrogen) atoms. The van der Waals surface area contributed by atoms with Gasteiger partial charge in [0.15, 0.2) is 0 Å². The van der Waals surface area contributed by atoms with Crippen molar-refractivity contribution < 1.29 is 4.79 Å². The molecule has 0 aliphatic carbocycles. The maximum Gasteiger partial charge on any atom is 0.224 e. The number of hydrogen-bond acceptors (Lipinski definition) is 3. The molecule has 5 rings (SSSR count). The van der Waals surface area contributed by atoms with E-state index in [0.29, 0.717) is 10.0 Å². The number of benzene rings is 3. The van der Waals surface area contributed by atoms with E-state index in [1.54, 1.807) is 0 Å². The minimum atomic E-state index is -0.289. The monoisotopic (exact) mass is 503 g/mol. The van der Waals surface area contributed by atoms with Crippen molar-refractivity contribution in [3.63, 3.8) is 0 Å². The Labute approximate surface area is 215 Å². The van der Waals surface area contributed by atoms with Crippen molar-refractivity contribution in [3.8, 4) is 0 Å². The van der Waals surface area contributed by atoms with E-state index >= 15 is 0 Å². The van der Waals surface area contributed by atoms with Gasteiger partial charge in [-0.15, -0.1) is 0 Å². The van der Waals surface area contributed by atoms with Gasteiger partial charge in [0.2, 0.25) is 5.91 Å². The molecule has 0 saturated carbocycles. The van der Waals surface area contributed by atoms with Gasteiger partial charge in [-0.2, -0.15) is 0 Å². The zero-order chi connectivity index (χ0) is 24.2. The summed E-state index contributed by atoms with van der Waals surface area (Å²) in [6, 6.07) is 27.7. The maximum atomic E-state index is 13.4. The highest BCUT2D eigenvalue weighted by atomic mass is 35.5. The van der Waals surface area contributed by atoms with E-state index in [-0.39, 0.29) is 17.9 Å². The van der Waals surface area contributed by atoms with Crippen molar-refractivity contribution in [1.82, 2.24) is 15.2 Å². The van der Waals surface area contributed by atoms with Crippen LogP contribution in [0.3, 0.4) is 0 Å². The normalized spacial score (nSPS) is 15.7. The first-order valence-corrected chi connectivity index (χ1v) is 12.7. The van der Waals surface area contributed by atoms with Crippen molar-refractivity contribution >= 4 is 40.0 Å². The van der Waals surface area contributed by atoms with E-state index in [1.165, 1.54) is 0 Å². The smallest absolute Gasteiger partial charge is 0.224 e. The second-order valence-corrected chi connectivity index (χ2v) is 9.89. The van der Waals surface area contributed by atoms with E-state index in [2.05, 4.69) is 16.3 Å². The second kappa shape index (κ2) is 10.8. The maximum absolute atomic E-state index is 13.4. The summed E-state index contributed by atoms with van der Waals surface area (Å²) in [4.78, 5) is 20.6. The van der Waals surface area contributed by atoms with Gasteiger partial charge < -0.3 is 5.32 Å². The molecular formula is C29H27Cl2N3O. The Morgan fingerprint density at radius 3 is 2.43 bits per heavy atom. The predicted octanol–water partition coefficient (Wildman–Crippen LogP) is 6.66. The zero-order valence-electron chi connectivity index (χ0n) is 19.3. The van der Waals surface area contributed by atoms with Crippen LogP contribution in [0.25, 0.3) is 10.9 Å². The van der Waals surface area contributed by atoms with Gasteiger partial charge in [0, 0.05) is 17.8 Å². The van der Waals surface area contributed by atoms with Crippen LogP contribution in [0.5, 0.6) is 0 Å². The molecule has 4 nitrogen and oxygen atoms in total. The molecule has 178 valence electrons. The molecule has 0 bridgehead atoms. The van der Waals surface area contributed by atoms with Gasteiger partial charge in [-0.25, -0.2) is 0 Å². The summed E-state index contributed by atoms with van der Waals surface area (Å²) in [5, 5.41) is 5.54. The summed E-state index contributed by atoms with van der Waals surface area (Å²) in [5.74, 6) is 0.0646. The van der Waals surface area contributed by atoms with Gasteiger partial charge in [0.25, 0.3) is 0 Å². The molecule has 1 fully saturated rings. The Hall–Kier alpha value is -2.92. The molecule has 2 heterocycles. The predicted molar refractivity (Wildman–Crippen MR) is 143 cm³/mol. The van der Waals surface area contributed by atoms with Crippen molar-refractivity contribution in [1.29, 1.82) is 0 Å². The van der Waals surface area contributed by atoms with E-state index in [9.17, 15) is 4.79 Å².